The molecule has 4 unspecified atom stereocenters. The normalized spacial score (nSPS) is 30.6. The maximum atomic E-state index is 13.8. The largest absolute Gasteiger partial charge is 0.490 e. The van der Waals surface area contributed by atoms with Crippen molar-refractivity contribution in [3.05, 3.63) is 29.6 Å². The first-order valence-electron chi connectivity index (χ1n) is 7.24. The second kappa shape index (κ2) is 5.12. The van der Waals surface area contributed by atoms with Crippen molar-refractivity contribution >= 4 is 0 Å². The highest BCUT2D eigenvalue weighted by Gasteiger charge is 2.39. The fraction of sp³-hybridized carbons (Fsp3) is 0.625. The Morgan fingerprint density at radius 1 is 1.37 bits per heavy atom. The zero-order valence-corrected chi connectivity index (χ0v) is 11.3. The van der Waals surface area contributed by atoms with E-state index >= 15 is 0 Å². The third-order valence-electron chi connectivity index (χ3n) is 4.78. The molecule has 2 bridgehead atoms. The Morgan fingerprint density at radius 2 is 2.21 bits per heavy atom. The van der Waals surface area contributed by atoms with Crippen LogP contribution in [0.2, 0.25) is 0 Å². The highest BCUT2D eigenvalue weighted by atomic mass is 19.1. The number of halogens is 1. The summed E-state index contributed by atoms with van der Waals surface area (Å²) in [6.07, 6.45) is 4.64. The van der Waals surface area contributed by atoms with Crippen molar-refractivity contribution in [2.24, 2.45) is 17.8 Å². The summed E-state index contributed by atoms with van der Waals surface area (Å²) in [5.74, 6) is 2.23. The van der Waals surface area contributed by atoms with E-state index in [0.29, 0.717) is 23.8 Å². The Hall–Kier alpha value is -1.09. The SMILES string of the molecule is CC(O)c1ccc(OCC2CC3CCC2C3)c(F)c1. The first-order chi connectivity index (χ1) is 9.13. The van der Waals surface area contributed by atoms with Gasteiger partial charge in [0.15, 0.2) is 11.6 Å². The lowest BCUT2D eigenvalue weighted by Gasteiger charge is -2.22. The fourth-order valence-electron chi connectivity index (χ4n) is 3.67. The quantitative estimate of drug-likeness (QED) is 0.898. The van der Waals surface area contributed by atoms with Gasteiger partial charge < -0.3 is 9.84 Å². The first kappa shape index (κ1) is 12.9. The van der Waals surface area contributed by atoms with Crippen molar-refractivity contribution in [2.75, 3.05) is 6.61 Å². The minimum Gasteiger partial charge on any atom is -0.490 e. The lowest BCUT2D eigenvalue weighted by Crippen LogP contribution is -2.18. The van der Waals surface area contributed by atoms with Crippen LogP contribution in [0.3, 0.4) is 0 Å². The van der Waals surface area contributed by atoms with Gasteiger partial charge in [-0.1, -0.05) is 12.5 Å². The number of benzene rings is 1. The van der Waals surface area contributed by atoms with Gasteiger partial charge in [0.1, 0.15) is 0 Å². The monoisotopic (exact) mass is 264 g/mol. The number of aliphatic hydroxyl groups is 1. The third-order valence-corrected chi connectivity index (χ3v) is 4.78. The molecule has 104 valence electrons. The highest BCUT2D eigenvalue weighted by molar-refractivity contribution is 5.30. The Bertz CT molecular complexity index is 458. The van der Waals surface area contributed by atoms with Crippen LogP contribution >= 0.6 is 0 Å². The van der Waals surface area contributed by atoms with E-state index in [1.54, 1.807) is 19.1 Å². The van der Waals surface area contributed by atoms with Crippen molar-refractivity contribution in [3.8, 4) is 5.75 Å². The molecule has 2 fully saturated rings. The number of ether oxygens (including phenoxy) is 1. The van der Waals surface area contributed by atoms with Gasteiger partial charge in [0, 0.05) is 0 Å². The van der Waals surface area contributed by atoms with E-state index in [1.807, 2.05) is 0 Å². The van der Waals surface area contributed by atoms with E-state index in [4.69, 9.17) is 4.74 Å². The molecule has 19 heavy (non-hydrogen) atoms. The van der Waals surface area contributed by atoms with E-state index in [-0.39, 0.29) is 5.82 Å². The van der Waals surface area contributed by atoms with Crippen LogP contribution in [-0.4, -0.2) is 11.7 Å². The Balaban J connectivity index is 1.61. The second-order valence-electron chi connectivity index (χ2n) is 6.11. The lowest BCUT2D eigenvalue weighted by molar-refractivity contribution is 0.187. The summed E-state index contributed by atoms with van der Waals surface area (Å²) >= 11 is 0. The minimum absolute atomic E-state index is 0.312. The maximum Gasteiger partial charge on any atom is 0.165 e. The predicted octanol–water partition coefficient (Wildman–Crippen LogP) is 3.69. The lowest BCUT2D eigenvalue weighted by atomic mass is 9.89. The zero-order chi connectivity index (χ0) is 13.4. The fourth-order valence-corrected chi connectivity index (χ4v) is 3.67. The molecule has 1 aromatic rings. The highest BCUT2D eigenvalue weighted by Crippen LogP contribution is 2.48. The van der Waals surface area contributed by atoms with Crippen LogP contribution in [0.25, 0.3) is 0 Å². The van der Waals surface area contributed by atoms with Crippen LogP contribution < -0.4 is 4.74 Å². The average Bonchev–Trinajstić information content (AvgIpc) is 2.99. The summed E-state index contributed by atoms with van der Waals surface area (Å²) < 4.78 is 19.5. The van der Waals surface area contributed by atoms with Crippen molar-refractivity contribution in [1.82, 2.24) is 0 Å². The van der Waals surface area contributed by atoms with Gasteiger partial charge in [0.25, 0.3) is 0 Å². The van der Waals surface area contributed by atoms with Crippen molar-refractivity contribution in [2.45, 2.75) is 38.7 Å². The van der Waals surface area contributed by atoms with Gasteiger partial charge in [-0.05, 0) is 61.6 Å². The summed E-state index contributed by atoms with van der Waals surface area (Å²) in [5, 5.41) is 9.41. The van der Waals surface area contributed by atoms with Gasteiger partial charge in [-0.15, -0.1) is 0 Å². The van der Waals surface area contributed by atoms with Crippen molar-refractivity contribution < 1.29 is 14.2 Å². The number of hydrogen-bond donors (Lipinski definition) is 1. The van der Waals surface area contributed by atoms with Crippen LogP contribution in [0, 0.1) is 23.6 Å². The van der Waals surface area contributed by atoms with E-state index in [2.05, 4.69) is 0 Å². The number of hydrogen-bond acceptors (Lipinski definition) is 2. The van der Waals surface area contributed by atoms with Gasteiger partial charge >= 0.3 is 0 Å². The summed E-state index contributed by atoms with van der Waals surface area (Å²) in [6.45, 7) is 2.26. The first-order valence-corrected chi connectivity index (χ1v) is 7.24. The maximum absolute atomic E-state index is 13.8. The van der Waals surface area contributed by atoms with Crippen molar-refractivity contribution in [3.63, 3.8) is 0 Å². The number of rotatable bonds is 4. The summed E-state index contributed by atoms with van der Waals surface area (Å²) in [4.78, 5) is 0. The van der Waals surface area contributed by atoms with Crippen LogP contribution in [0.4, 0.5) is 4.39 Å². The Labute approximate surface area is 113 Å². The molecule has 4 atom stereocenters. The van der Waals surface area contributed by atoms with E-state index in [9.17, 15) is 9.50 Å². The summed E-state index contributed by atoms with van der Waals surface area (Å²) in [7, 11) is 0. The molecule has 0 amide bonds. The van der Waals surface area contributed by atoms with Crippen LogP contribution in [0.15, 0.2) is 18.2 Å². The minimum atomic E-state index is -0.644. The molecule has 2 nitrogen and oxygen atoms in total. The smallest absolute Gasteiger partial charge is 0.165 e. The molecule has 0 spiro atoms. The van der Waals surface area contributed by atoms with Gasteiger partial charge in [-0.3, -0.25) is 0 Å². The number of fused-ring (bicyclic) bond motifs is 2. The summed E-state index contributed by atoms with van der Waals surface area (Å²) in [5.41, 5.74) is 0.588. The van der Waals surface area contributed by atoms with E-state index < -0.39 is 6.10 Å². The molecule has 0 aliphatic heterocycles. The van der Waals surface area contributed by atoms with Gasteiger partial charge in [0.05, 0.1) is 12.7 Å². The molecule has 0 radical (unpaired) electrons. The molecule has 2 aliphatic rings. The van der Waals surface area contributed by atoms with E-state index in [1.165, 1.54) is 31.7 Å². The standard InChI is InChI=1S/C16H21FO2/c1-10(18)12-4-5-16(15(17)8-12)19-9-14-7-11-2-3-13(14)6-11/h4-5,8,10-11,13-14,18H,2-3,6-7,9H2,1H3. The molecule has 0 heterocycles. The van der Waals surface area contributed by atoms with Gasteiger partial charge in [-0.2, -0.15) is 0 Å². The Kier molecular flexibility index (Phi) is 3.48. The number of aliphatic hydroxyl groups excluding tert-OH is 1. The molecule has 0 aromatic heterocycles. The molecule has 0 saturated heterocycles. The molecule has 3 rings (SSSR count). The van der Waals surface area contributed by atoms with Gasteiger partial charge in [-0.25, -0.2) is 4.39 Å². The molecule has 2 saturated carbocycles. The molecule has 2 aliphatic carbocycles. The Morgan fingerprint density at radius 3 is 2.79 bits per heavy atom. The molecular formula is C16H21FO2. The third kappa shape index (κ3) is 2.62. The predicted molar refractivity (Wildman–Crippen MR) is 71.5 cm³/mol. The van der Waals surface area contributed by atoms with Crippen LogP contribution in [0.5, 0.6) is 5.75 Å². The van der Waals surface area contributed by atoms with Crippen LogP contribution in [-0.2, 0) is 0 Å². The van der Waals surface area contributed by atoms with E-state index in [0.717, 1.165) is 11.8 Å². The van der Waals surface area contributed by atoms with Gasteiger partial charge in [0.2, 0.25) is 0 Å². The molecule has 3 heteroatoms. The zero-order valence-electron chi connectivity index (χ0n) is 11.3. The van der Waals surface area contributed by atoms with Crippen LogP contribution in [0.1, 0.15) is 44.3 Å². The topological polar surface area (TPSA) is 29.5 Å². The second-order valence-corrected chi connectivity index (χ2v) is 6.11. The summed E-state index contributed by atoms with van der Waals surface area (Å²) in [6, 6.07) is 4.72. The van der Waals surface area contributed by atoms with Crippen molar-refractivity contribution in [1.29, 1.82) is 0 Å². The molecular weight excluding hydrogens is 243 g/mol. The molecule has 1 N–H and O–H groups in total. The average molecular weight is 264 g/mol. The molecule has 1 aromatic carbocycles.